The van der Waals surface area contributed by atoms with E-state index in [1.54, 1.807) is 0 Å². The Balaban J connectivity index is 2.44. The predicted octanol–water partition coefficient (Wildman–Crippen LogP) is 3.38. The molecule has 1 nitrogen and oxygen atoms in total. The molecule has 4 unspecified atom stereocenters. The zero-order valence-electron chi connectivity index (χ0n) is 10.2. The lowest BCUT2D eigenvalue weighted by Gasteiger charge is -2.35. The molecule has 0 aliphatic carbocycles. The summed E-state index contributed by atoms with van der Waals surface area (Å²) in [5.41, 5.74) is 6.36. The van der Waals surface area contributed by atoms with Crippen molar-refractivity contribution in [3.8, 4) is 0 Å². The van der Waals surface area contributed by atoms with Crippen LogP contribution in [0.3, 0.4) is 0 Å². The van der Waals surface area contributed by atoms with Gasteiger partial charge in [-0.3, -0.25) is 0 Å². The van der Waals surface area contributed by atoms with Crippen LogP contribution in [0.4, 0.5) is 0 Å². The molecule has 0 aromatic rings. The van der Waals surface area contributed by atoms with E-state index in [1.807, 2.05) is 0 Å². The van der Waals surface area contributed by atoms with Gasteiger partial charge in [0, 0.05) is 28.0 Å². The van der Waals surface area contributed by atoms with Crippen LogP contribution in [-0.4, -0.2) is 28.0 Å². The van der Waals surface area contributed by atoms with Crippen molar-refractivity contribution in [2.24, 2.45) is 11.7 Å². The van der Waals surface area contributed by atoms with Crippen LogP contribution in [-0.2, 0) is 0 Å². The summed E-state index contributed by atoms with van der Waals surface area (Å²) in [5, 5.41) is 1.49. The molecule has 0 saturated carbocycles. The monoisotopic (exact) mass is 247 g/mol. The average molecular weight is 247 g/mol. The zero-order chi connectivity index (χ0) is 11.3. The molecule has 4 atom stereocenters. The van der Waals surface area contributed by atoms with Crippen molar-refractivity contribution < 1.29 is 0 Å². The van der Waals surface area contributed by atoms with E-state index in [-0.39, 0.29) is 0 Å². The van der Waals surface area contributed by atoms with E-state index in [9.17, 15) is 0 Å². The highest BCUT2D eigenvalue weighted by Crippen LogP contribution is 2.36. The van der Waals surface area contributed by atoms with E-state index >= 15 is 0 Å². The molecule has 0 aromatic carbocycles. The minimum atomic E-state index is 0.405. The van der Waals surface area contributed by atoms with Crippen molar-refractivity contribution in [3.63, 3.8) is 0 Å². The fraction of sp³-hybridized carbons (Fsp3) is 1.00. The van der Waals surface area contributed by atoms with Gasteiger partial charge >= 0.3 is 0 Å². The Bertz CT molecular complexity index is 175. The molecule has 1 fully saturated rings. The molecular weight excluding hydrogens is 222 g/mol. The zero-order valence-corrected chi connectivity index (χ0v) is 11.9. The van der Waals surface area contributed by atoms with E-state index in [4.69, 9.17) is 5.73 Å². The highest BCUT2D eigenvalue weighted by Gasteiger charge is 2.30. The highest BCUT2D eigenvalue weighted by molar-refractivity contribution is 8.07. The number of nitrogens with two attached hydrogens (primary N) is 1. The van der Waals surface area contributed by atoms with Gasteiger partial charge in [0.1, 0.15) is 0 Å². The van der Waals surface area contributed by atoms with Crippen LogP contribution in [0.25, 0.3) is 0 Å². The van der Waals surface area contributed by atoms with Gasteiger partial charge < -0.3 is 5.73 Å². The smallest absolute Gasteiger partial charge is 0.0318 e. The third-order valence-corrected chi connectivity index (χ3v) is 6.72. The lowest BCUT2D eigenvalue weighted by molar-refractivity contribution is 0.437. The molecule has 0 aromatic heterocycles. The second-order valence-electron chi connectivity index (χ2n) is 4.57. The van der Waals surface area contributed by atoms with Crippen LogP contribution in [0.1, 0.15) is 40.0 Å². The minimum absolute atomic E-state index is 0.405. The molecule has 0 bridgehead atoms. The molecule has 3 heteroatoms. The summed E-state index contributed by atoms with van der Waals surface area (Å²) >= 11 is 4.24. The summed E-state index contributed by atoms with van der Waals surface area (Å²) in [4.78, 5) is 0. The lowest BCUT2D eigenvalue weighted by atomic mass is 9.96. The molecule has 0 radical (unpaired) electrons. The van der Waals surface area contributed by atoms with Gasteiger partial charge in [0.05, 0.1) is 0 Å². The van der Waals surface area contributed by atoms with Crippen LogP contribution in [0.5, 0.6) is 0 Å². The van der Waals surface area contributed by atoms with E-state index in [1.165, 1.54) is 30.8 Å². The molecule has 15 heavy (non-hydrogen) atoms. The first-order chi connectivity index (χ1) is 7.19. The van der Waals surface area contributed by atoms with Crippen molar-refractivity contribution in [3.05, 3.63) is 0 Å². The predicted molar refractivity (Wildman–Crippen MR) is 74.8 cm³/mol. The normalized spacial score (nSPS) is 31.2. The fourth-order valence-corrected chi connectivity index (χ4v) is 5.31. The van der Waals surface area contributed by atoms with E-state index in [0.717, 1.165) is 11.2 Å². The second-order valence-corrected chi connectivity index (χ2v) is 7.20. The Labute approximate surface area is 103 Å². The van der Waals surface area contributed by atoms with Crippen molar-refractivity contribution in [2.45, 2.75) is 56.6 Å². The summed E-state index contributed by atoms with van der Waals surface area (Å²) in [6, 6.07) is 0.405. The first-order valence-corrected chi connectivity index (χ1v) is 8.27. The molecule has 1 saturated heterocycles. The standard InChI is InChI=1S/C12H25NS2/c1-4-9(3)8-10(13)12-11(5-2)14-6-7-15-12/h9-12H,4-8,13H2,1-3H3. The molecule has 90 valence electrons. The Morgan fingerprint density at radius 2 is 1.93 bits per heavy atom. The first kappa shape index (κ1) is 13.7. The maximum atomic E-state index is 6.36. The van der Waals surface area contributed by atoms with Crippen LogP contribution in [0.15, 0.2) is 0 Å². The van der Waals surface area contributed by atoms with Gasteiger partial charge in [-0.25, -0.2) is 0 Å². The maximum Gasteiger partial charge on any atom is 0.0318 e. The molecule has 1 aliphatic rings. The van der Waals surface area contributed by atoms with E-state index in [2.05, 4.69) is 44.3 Å². The Morgan fingerprint density at radius 3 is 2.53 bits per heavy atom. The molecule has 0 amide bonds. The average Bonchev–Trinajstić information content (AvgIpc) is 2.28. The third kappa shape index (κ3) is 4.20. The SMILES string of the molecule is CCC(C)CC(N)C1SCCSC1CC. The third-order valence-electron chi connectivity index (χ3n) is 3.29. The summed E-state index contributed by atoms with van der Waals surface area (Å²) in [6.07, 6.45) is 3.73. The molecule has 1 aliphatic heterocycles. The molecule has 1 heterocycles. The second kappa shape index (κ2) is 7.08. The van der Waals surface area contributed by atoms with Gasteiger partial charge in [-0.2, -0.15) is 23.5 Å². The minimum Gasteiger partial charge on any atom is -0.327 e. The Morgan fingerprint density at radius 1 is 1.27 bits per heavy atom. The Hall–Kier alpha value is 0.660. The highest BCUT2D eigenvalue weighted by atomic mass is 32.2. The fourth-order valence-electron chi connectivity index (χ4n) is 2.10. The van der Waals surface area contributed by atoms with E-state index < -0.39 is 0 Å². The topological polar surface area (TPSA) is 26.0 Å². The molecule has 2 N–H and O–H groups in total. The van der Waals surface area contributed by atoms with Crippen molar-refractivity contribution in [1.82, 2.24) is 0 Å². The van der Waals surface area contributed by atoms with Crippen LogP contribution >= 0.6 is 23.5 Å². The van der Waals surface area contributed by atoms with Crippen LogP contribution in [0.2, 0.25) is 0 Å². The molecular formula is C12H25NS2. The van der Waals surface area contributed by atoms with Gasteiger partial charge in [-0.15, -0.1) is 0 Å². The molecule has 0 spiro atoms. The van der Waals surface area contributed by atoms with Gasteiger partial charge in [0.25, 0.3) is 0 Å². The van der Waals surface area contributed by atoms with Gasteiger partial charge in [0.15, 0.2) is 0 Å². The summed E-state index contributed by atoms with van der Waals surface area (Å²) in [6.45, 7) is 6.88. The van der Waals surface area contributed by atoms with E-state index in [0.29, 0.717) is 11.3 Å². The van der Waals surface area contributed by atoms with Crippen molar-refractivity contribution >= 4 is 23.5 Å². The number of rotatable bonds is 5. The largest absolute Gasteiger partial charge is 0.327 e. The maximum absolute atomic E-state index is 6.36. The quantitative estimate of drug-likeness (QED) is 0.806. The Kier molecular flexibility index (Phi) is 6.48. The summed E-state index contributed by atoms with van der Waals surface area (Å²) in [7, 11) is 0. The van der Waals surface area contributed by atoms with Gasteiger partial charge in [0.2, 0.25) is 0 Å². The number of hydrogen-bond acceptors (Lipinski definition) is 3. The van der Waals surface area contributed by atoms with Gasteiger partial charge in [-0.1, -0.05) is 27.2 Å². The van der Waals surface area contributed by atoms with Crippen LogP contribution < -0.4 is 5.73 Å². The molecule has 1 rings (SSSR count). The summed E-state index contributed by atoms with van der Waals surface area (Å²) < 4.78 is 0. The number of hydrogen-bond donors (Lipinski definition) is 1. The van der Waals surface area contributed by atoms with Crippen LogP contribution in [0, 0.1) is 5.92 Å². The van der Waals surface area contributed by atoms with Crippen molar-refractivity contribution in [2.75, 3.05) is 11.5 Å². The number of thioether (sulfide) groups is 2. The first-order valence-electron chi connectivity index (χ1n) is 6.17. The van der Waals surface area contributed by atoms with Gasteiger partial charge in [-0.05, 0) is 18.8 Å². The summed E-state index contributed by atoms with van der Waals surface area (Å²) in [5.74, 6) is 3.39. The van der Waals surface area contributed by atoms with Crippen molar-refractivity contribution in [1.29, 1.82) is 0 Å². The lowest BCUT2D eigenvalue weighted by Crippen LogP contribution is -2.42.